The number of anilines is 3. The Morgan fingerprint density at radius 1 is 0.545 bits per heavy atom. The summed E-state index contributed by atoms with van der Waals surface area (Å²) in [7, 11) is -2.68. The first-order valence-corrected chi connectivity index (χ1v) is 37.6. The summed E-state index contributed by atoms with van der Waals surface area (Å²) >= 11 is 2.54. The summed E-state index contributed by atoms with van der Waals surface area (Å²) in [6, 6.07) is 36.9. The highest BCUT2D eigenvalue weighted by atomic mass is 35.7. The van der Waals surface area contributed by atoms with E-state index in [0.29, 0.717) is 32.3 Å². The second-order valence-corrected chi connectivity index (χ2v) is 32.1. The van der Waals surface area contributed by atoms with E-state index in [1.807, 2.05) is 60.7 Å². The number of hydrogen-bond donors (Lipinski definition) is 4. The van der Waals surface area contributed by atoms with E-state index in [1.54, 1.807) is 51.5 Å². The van der Waals surface area contributed by atoms with Gasteiger partial charge in [-0.3, -0.25) is 19.6 Å². The first kappa shape index (κ1) is 71.9. The van der Waals surface area contributed by atoms with Gasteiger partial charge in [-0.1, -0.05) is 84.9 Å². The molecule has 0 atom stereocenters. The zero-order chi connectivity index (χ0) is 72.4. The lowest BCUT2D eigenvalue weighted by Crippen LogP contribution is -2.30. The number of halogens is 3. The smallest absolute Gasteiger partial charge is 0.352 e. The zero-order valence-electron chi connectivity index (χ0n) is 53.9. The number of phenols is 1. The van der Waals surface area contributed by atoms with E-state index in [-0.39, 0.29) is 118 Å². The second kappa shape index (κ2) is 29.4. The lowest BCUT2D eigenvalue weighted by Gasteiger charge is -2.23. The van der Waals surface area contributed by atoms with Gasteiger partial charge in [0.1, 0.15) is 47.4 Å². The molecule has 0 saturated carbocycles. The number of aromatic nitrogens is 5. The van der Waals surface area contributed by atoms with Crippen molar-refractivity contribution >= 4 is 141 Å². The van der Waals surface area contributed by atoms with E-state index in [1.165, 1.54) is 118 Å². The average Bonchev–Trinajstić information content (AvgIpc) is 1.64. The van der Waals surface area contributed by atoms with Crippen molar-refractivity contribution in [1.29, 1.82) is 0 Å². The van der Waals surface area contributed by atoms with Crippen molar-refractivity contribution in [3.05, 3.63) is 221 Å². The number of amides is 5. The third-order valence-corrected chi connectivity index (χ3v) is 23.9. The van der Waals surface area contributed by atoms with Gasteiger partial charge in [-0.2, -0.15) is 16.8 Å². The van der Waals surface area contributed by atoms with Gasteiger partial charge < -0.3 is 28.0 Å². The second-order valence-electron chi connectivity index (χ2n) is 22.7. The minimum atomic E-state index is -4.48. The van der Waals surface area contributed by atoms with Crippen molar-refractivity contribution in [3.8, 4) is 23.0 Å². The molecule has 0 saturated heterocycles. The van der Waals surface area contributed by atoms with Crippen LogP contribution in [0.4, 0.5) is 24.2 Å². The van der Waals surface area contributed by atoms with Gasteiger partial charge in [0.25, 0.3) is 20.9 Å². The predicted octanol–water partition coefficient (Wildman–Crippen LogP) is 9.62. The van der Waals surface area contributed by atoms with Gasteiger partial charge in [-0.05, 0) is 105 Å². The first-order chi connectivity index (χ1) is 47.9. The number of ether oxygens (including phenoxy) is 1. The van der Waals surface area contributed by atoms with E-state index in [0.717, 1.165) is 45.1 Å². The standard InChI is InChI=1S/C37H29FN4O6S2.C24H19FN4O6S2.C6H7ClN2O3S2/c1-23(43)40-37-41(2)22-30(49-37)50(45,46)48-34-28-14-9-19-39-32(28)35(47-33(25-10-5-3-6-11-25)26-12-7-4-8-13-26)31-29(34)21-42(36(31)44)20-24-15-17-27(38)18-16-24;1-13(30)27-24-28(2)12-18(36-24)37(33,34)35-22-16-4-3-9-26-20(16)21(31)19-17(22)11-29(23(19)32)10-14-5-7-15(25)8-6-14;1-4(10)8-6-9(2)3-5(13-6)14(7,11)12/h3-19,22,33H,20-21H2,1-2H3;3-9,12H,10-11H2,1-2H3,(H,31,32);3H,1-2H3/p+3. The van der Waals surface area contributed by atoms with Gasteiger partial charge in [-0.25, -0.2) is 61.2 Å². The molecule has 101 heavy (non-hydrogen) atoms. The summed E-state index contributed by atoms with van der Waals surface area (Å²) in [6.45, 7) is 4.12. The summed E-state index contributed by atoms with van der Waals surface area (Å²) in [4.78, 5) is 73.3. The van der Waals surface area contributed by atoms with Crippen molar-refractivity contribution in [2.45, 2.75) is 65.7 Å². The van der Waals surface area contributed by atoms with Crippen LogP contribution in [0, 0.1) is 11.6 Å². The van der Waals surface area contributed by atoms with Crippen LogP contribution in [0.3, 0.4) is 0 Å². The summed E-state index contributed by atoms with van der Waals surface area (Å²) in [6.07, 6.45) is 6.28. The van der Waals surface area contributed by atoms with Crippen molar-refractivity contribution in [3.63, 3.8) is 0 Å². The highest BCUT2D eigenvalue weighted by Crippen LogP contribution is 2.49. The summed E-state index contributed by atoms with van der Waals surface area (Å²) in [5.41, 5.74) is 3.75. The van der Waals surface area contributed by atoms with Crippen molar-refractivity contribution < 1.29 is 89.9 Å². The molecule has 7 heterocycles. The lowest BCUT2D eigenvalue weighted by molar-refractivity contribution is -0.654. The first-order valence-electron chi connectivity index (χ1n) is 30.0. The SMILES string of the molecule is CC(=O)Nc1sc(S(=O)(=O)Cl)c[n+]1C.CC(=O)Nc1sc(S(=O)(=O)Oc2c3c(c(O)c4ncccc24)C(=O)N(Cc2ccc(F)cc2)C3)c[n+]1C.CC(=O)Nc1sc(S(=O)(=O)Oc2c3c(c(OC(c4ccccc4)c4ccccc4)c4ncccc24)C(=O)N(Cc2ccc(F)cc2)C3)c[n+]1C. The van der Waals surface area contributed by atoms with E-state index in [4.69, 9.17) is 23.8 Å². The minimum Gasteiger partial charge on any atom is -0.505 e. The van der Waals surface area contributed by atoms with Crippen LogP contribution in [0.25, 0.3) is 21.8 Å². The van der Waals surface area contributed by atoms with Crippen LogP contribution in [0.1, 0.15) is 81.0 Å². The maximum atomic E-state index is 14.4. The van der Waals surface area contributed by atoms with Crippen LogP contribution in [-0.2, 0) is 91.0 Å². The summed E-state index contributed by atoms with van der Waals surface area (Å²) < 4.78 is 126. The molecule has 6 aromatic carbocycles. The van der Waals surface area contributed by atoms with Gasteiger partial charge in [0.2, 0.25) is 8.42 Å². The Balaban J connectivity index is 0.000000176. The monoisotopic (exact) mass is 1510 g/mol. The number of nitrogens with zero attached hydrogens (tertiary/aromatic N) is 7. The van der Waals surface area contributed by atoms with Crippen molar-refractivity contribution in [1.82, 2.24) is 19.8 Å². The third kappa shape index (κ3) is 15.9. The molecule has 34 heteroatoms. The number of phenolic OH excluding ortho intramolecular Hbond substituents is 1. The van der Waals surface area contributed by atoms with Crippen LogP contribution < -0.4 is 42.8 Å². The molecule has 0 fully saturated rings. The molecule has 13 rings (SSSR count). The maximum Gasteiger partial charge on any atom is 0.352 e. The van der Waals surface area contributed by atoms with Gasteiger partial charge in [-0.15, -0.1) is 0 Å². The Hall–Kier alpha value is -10.4. The Morgan fingerprint density at radius 3 is 1.33 bits per heavy atom. The molecule has 0 radical (unpaired) electrons. The third-order valence-electron chi connectivity index (χ3n) is 15.3. The number of aromatic hydroxyl groups is 1. The summed E-state index contributed by atoms with van der Waals surface area (Å²) in [5, 5.41) is 20.1. The fourth-order valence-corrected chi connectivity index (χ4v) is 17.5. The molecular formula is C67H58ClF2N10O15S6+3. The fourth-order valence-electron chi connectivity index (χ4n) is 10.8. The van der Waals surface area contributed by atoms with Gasteiger partial charge in [0.15, 0.2) is 27.2 Å². The normalized spacial score (nSPS) is 12.7. The molecule has 2 aliphatic heterocycles. The molecule has 520 valence electrons. The number of carbonyl (C=O) groups is 5. The van der Waals surface area contributed by atoms with Crippen LogP contribution in [0.15, 0.2) is 177 Å². The van der Waals surface area contributed by atoms with Gasteiger partial charge in [0.05, 0.1) is 45.4 Å². The Labute approximate surface area is 592 Å². The highest BCUT2D eigenvalue weighted by molar-refractivity contribution is 8.15. The molecular weight excluding hydrogens is 1450 g/mol. The van der Waals surface area contributed by atoms with Crippen molar-refractivity contribution in [2.24, 2.45) is 21.1 Å². The highest BCUT2D eigenvalue weighted by Gasteiger charge is 2.41. The molecule has 11 aromatic rings. The van der Waals surface area contributed by atoms with Gasteiger partial charge >= 0.3 is 53.4 Å². The minimum absolute atomic E-state index is 0.00502. The number of fused-ring (bicyclic) bond motifs is 4. The number of aryl methyl sites for hydroxylation is 3. The summed E-state index contributed by atoms with van der Waals surface area (Å²) in [5.74, 6) is -3.15. The number of pyridine rings is 2. The van der Waals surface area contributed by atoms with Crippen LogP contribution >= 0.6 is 44.7 Å². The number of thiazole rings is 3. The van der Waals surface area contributed by atoms with E-state index in [9.17, 15) is 63.1 Å². The fraction of sp³-hybridized carbons (Fsp3) is 0.164. The number of benzene rings is 6. The number of rotatable bonds is 18. The average molecular weight is 1510 g/mol. The molecule has 4 N–H and O–H groups in total. The molecule has 0 aliphatic carbocycles. The number of carbonyl (C=O) groups excluding carboxylic acids is 5. The lowest BCUT2D eigenvalue weighted by atomic mass is 9.99. The van der Waals surface area contributed by atoms with Crippen molar-refractivity contribution in [2.75, 3.05) is 16.0 Å². The molecule has 5 aromatic heterocycles. The Kier molecular flexibility index (Phi) is 20.9. The van der Waals surface area contributed by atoms with E-state index >= 15 is 0 Å². The number of nitrogens with one attached hydrogen (secondary N) is 3. The topological polar surface area (TPSA) is 316 Å². The van der Waals surface area contributed by atoms with E-state index < -0.39 is 58.8 Å². The Bertz CT molecular complexity index is 5420. The molecule has 0 spiro atoms. The van der Waals surface area contributed by atoms with Crippen LogP contribution in [-0.4, -0.2) is 79.7 Å². The molecule has 25 nitrogen and oxygen atoms in total. The van der Waals surface area contributed by atoms with Crippen LogP contribution in [0.2, 0.25) is 0 Å². The maximum absolute atomic E-state index is 14.4. The van der Waals surface area contributed by atoms with Crippen LogP contribution in [0.5, 0.6) is 23.0 Å². The predicted molar refractivity (Wildman–Crippen MR) is 369 cm³/mol. The number of hydrogen-bond acceptors (Lipinski definition) is 20. The molecule has 5 amide bonds. The Morgan fingerprint density at radius 2 is 0.921 bits per heavy atom. The zero-order valence-corrected chi connectivity index (χ0v) is 59.5. The van der Waals surface area contributed by atoms with Gasteiger partial charge in [0, 0.05) is 78.8 Å². The van der Waals surface area contributed by atoms with E-state index in [2.05, 4.69) is 25.9 Å². The molecule has 2 aliphatic rings. The largest absolute Gasteiger partial charge is 0.505 e. The molecule has 0 bridgehead atoms. The molecule has 0 unspecified atom stereocenters. The quantitative estimate of drug-likeness (QED) is 0.0353.